The van der Waals surface area contributed by atoms with E-state index in [9.17, 15) is 0 Å². The first-order chi connectivity index (χ1) is 14.6. The Morgan fingerprint density at radius 2 is 2.07 bits per heavy atom. The van der Waals surface area contributed by atoms with Crippen LogP contribution in [-0.2, 0) is 6.54 Å². The Morgan fingerprint density at radius 1 is 1.27 bits per heavy atom. The molecular weight excluding hydrogens is 468 g/mol. The van der Waals surface area contributed by atoms with Crippen LogP contribution < -0.4 is 20.5 Å². The van der Waals surface area contributed by atoms with Gasteiger partial charge in [-0.1, -0.05) is 25.1 Å². The van der Waals surface area contributed by atoms with Crippen LogP contribution >= 0.6 is 27.7 Å². The average Bonchev–Trinajstić information content (AvgIpc) is 3.31. The van der Waals surface area contributed by atoms with Crippen LogP contribution in [0.1, 0.15) is 26.2 Å². The standard InChI is InChI=1S/C20H25BrN6O2S/c1-3-4-12(9-23-2)5-6-27-19-17(18(22)24-10-25-19)26-20(27)30-16-8-15-14(7-13(16)21)28-11-29-15/h7-8,10,12,23H,3-6,9,11H2,1-2H3,(H2,22,24,25). The zero-order chi connectivity index (χ0) is 21.1. The minimum absolute atomic E-state index is 0.241. The summed E-state index contributed by atoms with van der Waals surface area (Å²) in [7, 11) is 2.00. The van der Waals surface area contributed by atoms with E-state index < -0.39 is 0 Å². The quantitative estimate of drug-likeness (QED) is 0.460. The molecule has 0 amide bonds. The fourth-order valence-corrected chi connectivity index (χ4v) is 5.15. The van der Waals surface area contributed by atoms with Crippen molar-refractivity contribution in [1.82, 2.24) is 24.8 Å². The molecule has 3 N–H and O–H groups in total. The first-order valence-corrected chi connectivity index (χ1v) is 11.6. The molecule has 3 heterocycles. The van der Waals surface area contributed by atoms with Gasteiger partial charge in [0.25, 0.3) is 0 Å². The number of hydrogen-bond donors (Lipinski definition) is 2. The molecule has 1 aliphatic rings. The summed E-state index contributed by atoms with van der Waals surface area (Å²) in [5, 5.41) is 4.14. The summed E-state index contributed by atoms with van der Waals surface area (Å²) in [6.45, 7) is 4.27. The lowest BCUT2D eigenvalue weighted by molar-refractivity contribution is 0.174. The topological polar surface area (TPSA) is 100 Å². The lowest BCUT2D eigenvalue weighted by Gasteiger charge is -2.17. The van der Waals surface area contributed by atoms with Crippen molar-refractivity contribution in [3.63, 3.8) is 0 Å². The first-order valence-electron chi connectivity index (χ1n) is 9.99. The van der Waals surface area contributed by atoms with Crippen LogP contribution in [0.5, 0.6) is 11.5 Å². The molecule has 10 heteroatoms. The van der Waals surface area contributed by atoms with Crippen molar-refractivity contribution in [1.29, 1.82) is 0 Å². The third kappa shape index (κ3) is 4.35. The molecule has 0 saturated heterocycles. The lowest BCUT2D eigenvalue weighted by atomic mass is 10.00. The van der Waals surface area contributed by atoms with Crippen molar-refractivity contribution in [3.05, 3.63) is 22.9 Å². The Bertz CT molecular complexity index is 1040. The van der Waals surface area contributed by atoms with Gasteiger partial charge in [-0.25, -0.2) is 15.0 Å². The molecule has 0 spiro atoms. The third-order valence-corrected chi connectivity index (χ3v) is 7.07. The van der Waals surface area contributed by atoms with Gasteiger partial charge in [-0.3, -0.25) is 0 Å². The third-order valence-electron chi connectivity index (χ3n) is 5.10. The van der Waals surface area contributed by atoms with Gasteiger partial charge in [-0.2, -0.15) is 0 Å². The Kier molecular flexibility index (Phi) is 6.64. The van der Waals surface area contributed by atoms with Gasteiger partial charge in [0.1, 0.15) is 6.33 Å². The molecule has 1 aliphatic heterocycles. The van der Waals surface area contributed by atoms with Gasteiger partial charge in [0.15, 0.2) is 33.6 Å². The number of hydrogen-bond acceptors (Lipinski definition) is 8. The second-order valence-electron chi connectivity index (χ2n) is 7.22. The predicted octanol–water partition coefficient (Wildman–Crippen LogP) is 4.08. The molecular formula is C20H25BrN6O2S. The second-order valence-corrected chi connectivity index (χ2v) is 9.08. The van der Waals surface area contributed by atoms with Crippen LogP contribution in [0, 0.1) is 5.92 Å². The van der Waals surface area contributed by atoms with Crippen molar-refractivity contribution in [2.45, 2.75) is 42.8 Å². The van der Waals surface area contributed by atoms with Gasteiger partial charge in [0.2, 0.25) is 6.79 Å². The van der Waals surface area contributed by atoms with Crippen molar-refractivity contribution < 1.29 is 9.47 Å². The molecule has 0 saturated carbocycles. The van der Waals surface area contributed by atoms with Crippen LogP contribution in [0.3, 0.4) is 0 Å². The van der Waals surface area contributed by atoms with Crippen molar-refractivity contribution in [2.75, 3.05) is 26.1 Å². The summed E-state index contributed by atoms with van der Waals surface area (Å²) in [4.78, 5) is 14.4. The SMILES string of the molecule is CCCC(CCn1c(Sc2cc3c(cc2Br)OCO3)nc2c(N)ncnc21)CNC. The molecule has 0 fully saturated rings. The molecule has 160 valence electrons. The van der Waals surface area contributed by atoms with Crippen LogP contribution in [-0.4, -0.2) is 39.9 Å². The van der Waals surface area contributed by atoms with Gasteiger partial charge in [0.05, 0.1) is 0 Å². The van der Waals surface area contributed by atoms with E-state index >= 15 is 0 Å². The molecule has 1 unspecified atom stereocenters. The van der Waals surface area contributed by atoms with E-state index in [4.69, 9.17) is 20.2 Å². The van der Waals surface area contributed by atoms with Gasteiger partial charge in [-0.15, -0.1) is 0 Å². The molecule has 3 aromatic rings. The van der Waals surface area contributed by atoms with Gasteiger partial charge in [0, 0.05) is 15.9 Å². The number of nitrogens with one attached hydrogen (secondary N) is 1. The van der Waals surface area contributed by atoms with E-state index in [0.29, 0.717) is 17.3 Å². The zero-order valence-electron chi connectivity index (χ0n) is 17.0. The van der Waals surface area contributed by atoms with Crippen LogP contribution in [0.2, 0.25) is 0 Å². The number of aromatic nitrogens is 4. The number of anilines is 1. The molecule has 0 radical (unpaired) electrons. The van der Waals surface area contributed by atoms with E-state index in [1.54, 1.807) is 11.8 Å². The highest BCUT2D eigenvalue weighted by Crippen LogP contribution is 2.43. The number of fused-ring (bicyclic) bond motifs is 2. The Labute approximate surface area is 188 Å². The maximum Gasteiger partial charge on any atom is 0.231 e. The van der Waals surface area contributed by atoms with Crippen LogP contribution in [0.15, 0.2) is 33.0 Å². The van der Waals surface area contributed by atoms with Crippen molar-refractivity contribution in [3.8, 4) is 11.5 Å². The highest BCUT2D eigenvalue weighted by atomic mass is 79.9. The van der Waals surface area contributed by atoms with Crippen LogP contribution in [0.25, 0.3) is 11.2 Å². The van der Waals surface area contributed by atoms with E-state index in [2.05, 4.69) is 42.7 Å². The summed E-state index contributed by atoms with van der Waals surface area (Å²) >= 11 is 5.19. The van der Waals surface area contributed by atoms with Gasteiger partial charge in [-0.05, 0) is 60.4 Å². The first kappa shape index (κ1) is 21.2. The predicted molar refractivity (Wildman–Crippen MR) is 121 cm³/mol. The Balaban J connectivity index is 1.67. The Hall–Kier alpha value is -2.04. The smallest absolute Gasteiger partial charge is 0.231 e. The summed E-state index contributed by atoms with van der Waals surface area (Å²) in [6.07, 6.45) is 4.87. The lowest BCUT2D eigenvalue weighted by Crippen LogP contribution is -2.20. The summed E-state index contributed by atoms with van der Waals surface area (Å²) in [6, 6.07) is 3.90. The van der Waals surface area contributed by atoms with Crippen LogP contribution in [0.4, 0.5) is 5.82 Å². The van der Waals surface area contributed by atoms with E-state index in [1.807, 2.05) is 19.2 Å². The fourth-order valence-electron chi connectivity index (χ4n) is 3.65. The molecule has 2 aromatic heterocycles. The van der Waals surface area contributed by atoms with E-state index in [0.717, 1.165) is 57.6 Å². The fraction of sp³-hybridized carbons (Fsp3) is 0.450. The minimum Gasteiger partial charge on any atom is -0.454 e. The summed E-state index contributed by atoms with van der Waals surface area (Å²) in [5.74, 6) is 2.46. The number of imidazole rings is 1. The molecule has 30 heavy (non-hydrogen) atoms. The van der Waals surface area contributed by atoms with Gasteiger partial charge < -0.3 is 25.1 Å². The highest BCUT2D eigenvalue weighted by Gasteiger charge is 2.21. The molecule has 0 bridgehead atoms. The normalized spacial score (nSPS) is 13.8. The molecule has 1 atom stereocenters. The van der Waals surface area contributed by atoms with Crippen molar-refractivity contribution >= 4 is 44.7 Å². The summed E-state index contributed by atoms with van der Waals surface area (Å²) in [5.41, 5.74) is 7.50. The number of benzene rings is 1. The molecule has 0 aliphatic carbocycles. The molecule has 1 aromatic carbocycles. The van der Waals surface area contributed by atoms with Crippen molar-refractivity contribution in [2.24, 2.45) is 5.92 Å². The maximum absolute atomic E-state index is 6.09. The monoisotopic (exact) mass is 492 g/mol. The van der Waals surface area contributed by atoms with Gasteiger partial charge >= 0.3 is 0 Å². The largest absolute Gasteiger partial charge is 0.454 e. The molecule has 8 nitrogen and oxygen atoms in total. The number of halogens is 1. The number of nitrogens with zero attached hydrogens (tertiary/aromatic N) is 4. The number of nitrogens with two attached hydrogens (primary N) is 1. The minimum atomic E-state index is 0.241. The van der Waals surface area contributed by atoms with E-state index in [1.165, 1.54) is 12.7 Å². The molecule has 4 rings (SSSR count). The maximum atomic E-state index is 6.09. The number of nitrogen functional groups attached to an aromatic ring is 1. The van der Waals surface area contributed by atoms with E-state index in [-0.39, 0.29) is 6.79 Å². The summed E-state index contributed by atoms with van der Waals surface area (Å²) < 4.78 is 14.1. The Morgan fingerprint density at radius 3 is 2.83 bits per heavy atom. The number of ether oxygens (including phenoxy) is 2. The number of aryl methyl sites for hydroxylation is 1. The highest BCUT2D eigenvalue weighted by molar-refractivity contribution is 9.10. The zero-order valence-corrected chi connectivity index (χ0v) is 19.4. The average molecular weight is 493 g/mol. The number of rotatable bonds is 9. The second kappa shape index (κ2) is 9.40.